The van der Waals surface area contributed by atoms with Crippen molar-refractivity contribution in [2.75, 3.05) is 37.6 Å². The van der Waals surface area contributed by atoms with Gasteiger partial charge in [-0.25, -0.2) is 0 Å². The van der Waals surface area contributed by atoms with Crippen LogP contribution >= 0.6 is 0 Å². The molecule has 1 aliphatic carbocycles. The van der Waals surface area contributed by atoms with Gasteiger partial charge in [0, 0.05) is 11.7 Å². The molecule has 0 aromatic heterocycles. The normalized spacial score (nSPS) is 25.5. The quantitative estimate of drug-likeness (QED) is 0.764. The third kappa shape index (κ3) is 4.41. The summed E-state index contributed by atoms with van der Waals surface area (Å²) in [7, 11) is 0. The van der Waals surface area contributed by atoms with Crippen molar-refractivity contribution in [2.45, 2.75) is 38.6 Å². The Labute approximate surface area is 144 Å². The number of benzene rings is 1. The minimum Gasteiger partial charge on any atom is -0.508 e. The van der Waals surface area contributed by atoms with Crippen molar-refractivity contribution < 1.29 is 14.8 Å². The lowest BCUT2D eigenvalue weighted by molar-refractivity contribution is -0.892. The van der Waals surface area contributed by atoms with Crippen LogP contribution in [0.1, 0.15) is 32.6 Å². The van der Waals surface area contributed by atoms with Crippen LogP contribution in [0.3, 0.4) is 0 Å². The SMILES string of the molecule is C[C@H]1CCCC[C@@H]1NC(=O)C[NH+]1CCN(c2ccc(O)cc2)CC1. The zero-order chi connectivity index (χ0) is 16.9. The average Bonchev–Trinajstić information content (AvgIpc) is 2.58. The van der Waals surface area contributed by atoms with Crippen LogP contribution < -0.4 is 15.1 Å². The molecule has 1 heterocycles. The van der Waals surface area contributed by atoms with Gasteiger partial charge >= 0.3 is 0 Å². The van der Waals surface area contributed by atoms with Crippen LogP contribution in [0.5, 0.6) is 5.75 Å². The summed E-state index contributed by atoms with van der Waals surface area (Å²) in [5.41, 5.74) is 1.15. The Kier molecular flexibility index (Phi) is 5.61. The van der Waals surface area contributed by atoms with Crippen LogP contribution in [-0.2, 0) is 4.79 Å². The Morgan fingerprint density at radius 3 is 2.54 bits per heavy atom. The Bertz CT molecular complexity index is 538. The molecule has 132 valence electrons. The maximum atomic E-state index is 12.3. The number of aromatic hydroxyl groups is 1. The number of phenols is 1. The number of piperazine rings is 1. The molecule has 2 fully saturated rings. The molecule has 5 heteroatoms. The second-order valence-electron chi connectivity index (χ2n) is 7.37. The van der Waals surface area contributed by atoms with E-state index >= 15 is 0 Å². The molecule has 5 nitrogen and oxygen atoms in total. The number of rotatable bonds is 4. The van der Waals surface area contributed by atoms with Crippen molar-refractivity contribution in [1.82, 2.24) is 5.32 Å². The third-order valence-corrected chi connectivity index (χ3v) is 5.55. The first-order chi connectivity index (χ1) is 11.6. The number of carbonyl (C=O) groups excluding carboxylic acids is 1. The number of carbonyl (C=O) groups is 1. The molecule has 1 saturated carbocycles. The third-order valence-electron chi connectivity index (χ3n) is 5.55. The molecule has 2 atom stereocenters. The van der Waals surface area contributed by atoms with Gasteiger partial charge in [0.05, 0.1) is 26.2 Å². The lowest BCUT2D eigenvalue weighted by Gasteiger charge is -2.34. The van der Waals surface area contributed by atoms with Crippen LogP contribution in [0.4, 0.5) is 5.69 Å². The van der Waals surface area contributed by atoms with Crippen LogP contribution in [0.2, 0.25) is 0 Å². The Hall–Kier alpha value is -1.75. The maximum Gasteiger partial charge on any atom is 0.275 e. The van der Waals surface area contributed by atoms with E-state index in [1.54, 1.807) is 12.1 Å². The lowest BCUT2D eigenvalue weighted by atomic mass is 9.86. The number of quaternary nitrogens is 1. The van der Waals surface area contributed by atoms with Crippen molar-refractivity contribution in [3.63, 3.8) is 0 Å². The first-order valence-electron chi connectivity index (χ1n) is 9.29. The van der Waals surface area contributed by atoms with Crippen LogP contribution in [-0.4, -0.2) is 49.8 Å². The molecule has 1 aromatic carbocycles. The zero-order valence-corrected chi connectivity index (χ0v) is 14.6. The fourth-order valence-electron chi connectivity index (χ4n) is 3.94. The lowest BCUT2D eigenvalue weighted by Crippen LogP contribution is -3.16. The summed E-state index contributed by atoms with van der Waals surface area (Å²) in [6, 6.07) is 7.75. The summed E-state index contributed by atoms with van der Waals surface area (Å²) in [4.78, 5) is 16.0. The van der Waals surface area contributed by atoms with Crippen LogP contribution in [0.25, 0.3) is 0 Å². The van der Waals surface area contributed by atoms with Crippen molar-refractivity contribution in [3.8, 4) is 5.75 Å². The maximum absolute atomic E-state index is 12.3. The summed E-state index contributed by atoms with van der Waals surface area (Å²) in [6.07, 6.45) is 4.92. The molecular formula is C19H30N3O2+. The first-order valence-corrected chi connectivity index (χ1v) is 9.29. The minimum absolute atomic E-state index is 0.210. The number of nitrogens with zero attached hydrogens (tertiary/aromatic N) is 1. The molecular weight excluding hydrogens is 302 g/mol. The molecule has 1 aromatic rings. The average molecular weight is 332 g/mol. The predicted octanol–water partition coefficient (Wildman–Crippen LogP) is 0.792. The van der Waals surface area contributed by atoms with Crippen LogP contribution in [0.15, 0.2) is 24.3 Å². The van der Waals surface area contributed by atoms with E-state index in [4.69, 9.17) is 0 Å². The second-order valence-corrected chi connectivity index (χ2v) is 7.37. The van der Waals surface area contributed by atoms with E-state index < -0.39 is 0 Å². The Balaban J connectivity index is 1.43. The van der Waals surface area contributed by atoms with E-state index in [2.05, 4.69) is 17.1 Å². The van der Waals surface area contributed by atoms with E-state index in [9.17, 15) is 9.90 Å². The van der Waals surface area contributed by atoms with Crippen molar-refractivity contribution in [1.29, 1.82) is 0 Å². The molecule has 3 rings (SSSR count). The van der Waals surface area contributed by atoms with Gasteiger partial charge in [0.25, 0.3) is 5.91 Å². The molecule has 0 unspecified atom stereocenters. The number of amides is 1. The van der Waals surface area contributed by atoms with E-state index in [0.717, 1.165) is 38.3 Å². The molecule has 1 aliphatic heterocycles. The van der Waals surface area contributed by atoms with E-state index in [0.29, 0.717) is 24.3 Å². The number of phenolic OH excluding ortho intramolecular Hbond substituents is 1. The topological polar surface area (TPSA) is 57.0 Å². The largest absolute Gasteiger partial charge is 0.508 e. The highest BCUT2D eigenvalue weighted by Crippen LogP contribution is 2.23. The fourth-order valence-corrected chi connectivity index (χ4v) is 3.94. The second kappa shape index (κ2) is 7.88. The van der Waals surface area contributed by atoms with E-state index in [1.165, 1.54) is 24.2 Å². The Morgan fingerprint density at radius 2 is 1.88 bits per heavy atom. The standard InChI is InChI=1S/C19H29N3O2/c1-15-4-2-3-5-18(15)20-19(24)14-21-10-12-22(13-11-21)16-6-8-17(23)9-7-16/h6-9,15,18,23H,2-5,10-14H2,1H3,(H,20,24)/p+1/t15-,18-/m0/s1. The van der Waals surface area contributed by atoms with Gasteiger partial charge in [-0.05, 0) is 43.0 Å². The van der Waals surface area contributed by atoms with Gasteiger partial charge in [0.1, 0.15) is 5.75 Å². The number of hydrogen-bond acceptors (Lipinski definition) is 3. The highest BCUT2D eigenvalue weighted by Gasteiger charge is 2.26. The summed E-state index contributed by atoms with van der Waals surface area (Å²) < 4.78 is 0. The molecule has 1 amide bonds. The number of anilines is 1. The zero-order valence-electron chi connectivity index (χ0n) is 14.6. The van der Waals surface area contributed by atoms with Gasteiger partial charge < -0.3 is 20.2 Å². The monoisotopic (exact) mass is 332 g/mol. The van der Waals surface area contributed by atoms with Crippen molar-refractivity contribution in [2.24, 2.45) is 5.92 Å². The summed E-state index contributed by atoms with van der Waals surface area (Å²) in [5, 5.41) is 12.6. The number of hydrogen-bond donors (Lipinski definition) is 3. The highest BCUT2D eigenvalue weighted by molar-refractivity contribution is 5.77. The van der Waals surface area contributed by atoms with Gasteiger partial charge in [-0.1, -0.05) is 19.8 Å². The first kappa shape index (κ1) is 17.1. The van der Waals surface area contributed by atoms with Crippen LogP contribution in [0, 0.1) is 5.92 Å². The molecule has 0 spiro atoms. The molecule has 3 N–H and O–H groups in total. The predicted molar refractivity (Wildman–Crippen MR) is 95.4 cm³/mol. The van der Waals surface area contributed by atoms with Gasteiger partial charge in [-0.2, -0.15) is 0 Å². The Morgan fingerprint density at radius 1 is 1.21 bits per heavy atom. The molecule has 0 radical (unpaired) electrons. The van der Waals surface area contributed by atoms with Gasteiger partial charge in [-0.15, -0.1) is 0 Å². The summed E-state index contributed by atoms with van der Waals surface area (Å²) in [5.74, 6) is 1.13. The molecule has 0 bridgehead atoms. The van der Waals surface area contributed by atoms with E-state index in [-0.39, 0.29) is 5.91 Å². The summed E-state index contributed by atoms with van der Waals surface area (Å²) in [6.45, 7) is 6.71. The number of nitrogens with one attached hydrogen (secondary N) is 2. The van der Waals surface area contributed by atoms with Gasteiger partial charge in [-0.3, -0.25) is 4.79 Å². The van der Waals surface area contributed by atoms with Gasteiger partial charge in [0.2, 0.25) is 0 Å². The summed E-state index contributed by atoms with van der Waals surface area (Å²) >= 11 is 0. The molecule has 2 aliphatic rings. The van der Waals surface area contributed by atoms with Gasteiger partial charge in [0.15, 0.2) is 6.54 Å². The van der Waals surface area contributed by atoms with Crippen molar-refractivity contribution in [3.05, 3.63) is 24.3 Å². The van der Waals surface area contributed by atoms with E-state index in [1.807, 2.05) is 12.1 Å². The molecule has 1 saturated heterocycles. The smallest absolute Gasteiger partial charge is 0.275 e. The fraction of sp³-hybridized carbons (Fsp3) is 0.632. The highest BCUT2D eigenvalue weighted by atomic mass is 16.3. The minimum atomic E-state index is 0.210. The van der Waals surface area contributed by atoms with Crippen molar-refractivity contribution >= 4 is 11.6 Å². The molecule has 24 heavy (non-hydrogen) atoms.